The number of hydrogen-bond acceptors (Lipinski definition) is 6. The van der Waals surface area contributed by atoms with E-state index in [4.69, 9.17) is 18.9 Å². The van der Waals surface area contributed by atoms with E-state index in [2.05, 4.69) is 15.9 Å². The monoisotopic (exact) mass is 432 g/mol. The molecule has 140 valence electrons. The zero-order valence-corrected chi connectivity index (χ0v) is 16.2. The molecule has 0 spiro atoms. The van der Waals surface area contributed by atoms with Crippen molar-refractivity contribution in [2.45, 2.75) is 0 Å². The number of methoxy groups -OCH3 is 1. The summed E-state index contributed by atoms with van der Waals surface area (Å²) in [6.45, 7) is 0.551. The van der Waals surface area contributed by atoms with E-state index in [1.54, 1.807) is 37.5 Å². The molecule has 2 aromatic rings. The lowest BCUT2D eigenvalue weighted by Gasteiger charge is -2.18. The first-order valence-corrected chi connectivity index (χ1v) is 8.97. The molecule has 0 amide bonds. The predicted molar refractivity (Wildman–Crippen MR) is 102 cm³/mol. The molecule has 27 heavy (non-hydrogen) atoms. The van der Waals surface area contributed by atoms with Gasteiger partial charge in [-0.2, -0.15) is 0 Å². The van der Waals surface area contributed by atoms with Gasteiger partial charge in [-0.15, -0.1) is 0 Å². The standard InChI is InChI=1S/C20H17BrO6/c1-24-17-6-4-15(21)10-14(17)3-7-20(23)27-12-16(22)13-2-5-18-19(11-13)26-9-8-25-18/h2-7,10-11H,8-9,12H2,1H3/b7-3+. The fraction of sp³-hybridized carbons (Fsp3) is 0.200. The van der Waals surface area contributed by atoms with Crippen molar-refractivity contribution in [3.05, 3.63) is 58.1 Å². The van der Waals surface area contributed by atoms with E-state index < -0.39 is 5.97 Å². The van der Waals surface area contributed by atoms with Crippen LogP contribution < -0.4 is 14.2 Å². The molecule has 0 unspecified atom stereocenters. The van der Waals surface area contributed by atoms with Gasteiger partial charge in [0.25, 0.3) is 0 Å². The van der Waals surface area contributed by atoms with Gasteiger partial charge in [0.05, 0.1) is 7.11 Å². The summed E-state index contributed by atoms with van der Waals surface area (Å²) in [6.07, 6.45) is 2.82. The van der Waals surface area contributed by atoms with Gasteiger partial charge in [-0.1, -0.05) is 15.9 Å². The molecular weight excluding hydrogens is 416 g/mol. The maximum atomic E-state index is 12.2. The van der Waals surface area contributed by atoms with Crippen LogP contribution >= 0.6 is 15.9 Å². The van der Waals surface area contributed by atoms with E-state index >= 15 is 0 Å². The summed E-state index contributed by atoms with van der Waals surface area (Å²) >= 11 is 3.36. The molecule has 1 aliphatic rings. The van der Waals surface area contributed by atoms with Crippen molar-refractivity contribution in [2.24, 2.45) is 0 Å². The lowest BCUT2D eigenvalue weighted by atomic mass is 10.1. The van der Waals surface area contributed by atoms with E-state index in [-0.39, 0.29) is 12.4 Å². The highest BCUT2D eigenvalue weighted by Crippen LogP contribution is 2.30. The number of Topliss-reactive ketones (excluding diaryl/α,β-unsaturated/α-hetero) is 1. The minimum Gasteiger partial charge on any atom is -0.496 e. The maximum Gasteiger partial charge on any atom is 0.331 e. The number of benzene rings is 2. The molecule has 0 N–H and O–H groups in total. The first-order chi connectivity index (χ1) is 13.1. The summed E-state index contributed by atoms with van der Waals surface area (Å²) in [5.41, 5.74) is 1.10. The molecule has 0 aliphatic carbocycles. The van der Waals surface area contributed by atoms with Crippen LogP contribution in [0.2, 0.25) is 0 Å². The zero-order valence-electron chi connectivity index (χ0n) is 14.6. The fourth-order valence-electron chi connectivity index (χ4n) is 2.48. The van der Waals surface area contributed by atoms with E-state index in [0.717, 1.165) is 4.47 Å². The Hall–Kier alpha value is -2.80. The van der Waals surface area contributed by atoms with E-state index in [0.29, 0.717) is 41.6 Å². The molecule has 3 rings (SSSR count). The van der Waals surface area contributed by atoms with Crippen LogP contribution in [-0.4, -0.2) is 38.7 Å². The van der Waals surface area contributed by atoms with E-state index in [9.17, 15) is 9.59 Å². The second-order valence-electron chi connectivity index (χ2n) is 5.61. The first kappa shape index (κ1) is 19.0. The smallest absolute Gasteiger partial charge is 0.331 e. The molecule has 1 heterocycles. The van der Waals surface area contributed by atoms with Gasteiger partial charge in [-0.25, -0.2) is 4.79 Å². The number of esters is 1. The number of carbonyl (C=O) groups excluding carboxylic acids is 2. The van der Waals surface area contributed by atoms with Gasteiger partial charge >= 0.3 is 5.97 Å². The van der Waals surface area contributed by atoms with Gasteiger partial charge in [0.15, 0.2) is 23.9 Å². The van der Waals surface area contributed by atoms with Crippen LogP contribution in [-0.2, 0) is 9.53 Å². The topological polar surface area (TPSA) is 71.1 Å². The molecule has 2 aromatic carbocycles. The Morgan fingerprint density at radius 1 is 1.11 bits per heavy atom. The normalized spacial score (nSPS) is 12.7. The molecule has 0 saturated carbocycles. The van der Waals surface area contributed by atoms with Crippen molar-refractivity contribution >= 4 is 33.8 Å². The highest BCUT2D eigenvalue weighted by molar-refractivity contribution is 9.10. The Bertz CT molecular complexity index is 890. The van der Waals surface area contributed by atoms with Crippen LogP contribution in [0.3, 0.4) is 0 Å². The molecular formula is C20H17BrO6. The molecule has 0 radical (unpaired) electrons. The summed E-state index contributed by atoms with van der Waals surface area (Å²) in [5, 5.41) is 0. The van der Waals surface area contributed by atoms with Gasteiger partial charge in [0, 0.05) is 21.7 Å². The summed E-state index contributed by atoms with van der Waals surface area (Å²) < 4.78 is 22.0. The number of rotatable bonds is 6. The van der Waals surface area contributed by atoms with Crippen LogP contribution in [0.25, 0.3) is 6.08 Å². The minimum atomic E-state index is -0.622. The summed E-state index contributed by atoms with van der Waals surface area (Å²) in [4.78, 5) is 24.1. The Balaban J connectivity index is 1.59. The van der Waals surface area contributed by atoms with E-state index in [1.165, 1.54) is 6.08 Å². The number of ether oxygens (including phenoxy) is 4. The number of carbonyl (C=O) groups is 2. The van der Waals surface area contributed by atoms with Crippen molar-refractivity contribution < 1.29 is 28.5 Å². The molecule has 0 fully saturated rings. The molecule has 6 nitrogen and oxygen atoms in total. The van der Waals surface area contributed by atoms with Crippen LogP contribution in [0.4, 0.5) is 0 Å². The molecule has 1 aliphatic heterocycles. The highest BCUT2D eigenvalue weighted by atomic mass is 79.9. The lowest BCUT2D eigenvalue weighted by Crippen LogP contribution is -2.17. The number of fused-ring (bicyclic) bond motifs is 1. The van der Waals surface area contributed by atoms with Crippen molar-refractivity contribution in [3.63, 3.8) is 0 Å². The Labute approximate surface area is 164 Å². The maximum absolute atomic E-state index is 12.2. The fourth-order valence-corrected chi connectivity index (χ4v) is 2.86. The average Bonchev–Trinajstić information content (AvgIpc) is 2.70. The highest BCUT2D eigenvalue weighted by Gasteiger charge is 2.15. The van der Waals surface area contributed by atoms with Gasteiger partial charge in [0.1, 0.15) is 19.0 Å². The largest absolute Gasteiger partial charge is 0.496 e. The average molecular weight is 433 g/mol. The molecule has 0 bridgehead atoms. The van der Waals surface area contributed by atoms with Crippen molar-refractivity contribution in [1.29, 1.82) is 0 Å². The molecule has 0 aromatic heterocycles. The summed E-state index contributed by atoms with van der Waals surface area (Å²) in [7, 11) is 1.55. The third-order valence-electron chi connectivity index (χ3n) is 3.80. The molecule has 0 atom stereocenters. The van der Waals surface area contributed by atoms with Gasteiger partial charge in [0.2, 0.25) is 0 Å². The number of halogens is 1. The van der Waals surface area contributed by atoms with Crippen LogP contribution in [0, 0.1) is 0 Å². The van der Waals surface area contributed by atoms with Crippen molar-refractivity contribution in [3.8, 4) is 17.2 Å². The van der Waals surface area contributed by atoms with E-state index in [1.807, 2.05) is 12.1 Å². The molecule has 0 saturated heterocycles. The van der Waals surface area contributed by atoms with Gasteiger partial charge in [-0.05, 0) is 42.5 Å². The lowest BCUT2D eigenvalue weighted by molar-refractivity contribution is -0.136. The number of ketones is 1. The third kappa shape index (κ3) is 4.89. The second kappa shape index (κ2) is 8.73. The van der Waals surface area contributed by atoms with Crippen LogP contribution in [0.1, 0.15) is 15.9 Å². The van der Waals surface area contributed by atoms with Crippen molar-refractivity contribution in [2.75, 3.05) is 26.9 Å². The van der Waals surface area contributed by atoms with Crippen molar-refractivity contribution in [1.82, 2.24) is 0 Å². The molecule has 7 heteroatoms. The Kier molecular flexibility index (Phi) is 6.13. The third-order valence-corrected chi connectivity index (χ3v) is 4.29. The first-order valence-electron chi connectivity index (χ1n) is 8.18. The summed E-state index contributed by atoms with van der Waals surface area (Å²) in [6, 6.07) is 10.3. The van der Waals surface area contributed by atoms with Crippen LogP contribution in [0.15, 0.2) is 46.9 Å². The predicted octanol–water partition coefficient (Wildman–Crippen LogP) is 3.67. The quantitative estimate of drug-likeness (QED) is 0.394. The Morgan fingerprint density at radius 2 is 1.89 bits per heavy atom. The summed E-state index contributed by atoms with van der Waals surface area (Å²) in [5.74, 6) is 0.784. The Morgan fingerprint density at radius 3 is 2.67 bits per heavy atom. The second-order valence-corrected chi connectivity index (χ2v) is 6.52. The minimum absolute atomic E-state index is 0.325. The van der Waals surface area contributed by atoms with Crippen LogP contribution in [0.5, 0.6) is 17.2 Å². The SMILES string of the molecule is COc1ccc(Br)cc1/C=C/C(=O)OCC(=O)c1ccc2c(c1)OCCO2. The number of hydrogen-bond donors (Lipinski definition) is 0. The van der Waals surface area contributed by atoms with Gasteiger partial charge in [-0.3, -0.25) is 4.79 Å². The van der Waals surface area contributed by atoms with Gasteiger partial charge < -0.3 is 18.9 Å². The zero-order chi connectivity index (χ0) is 19.2.